The van der Waals surface area contributed by atoms with Gasteiger partial charge in [-0.2, -0.15) is 0 Å². The Balaban J connectivity index is 1.89. The van der Waals surface area contributed by atoms with Crippen molar-refractivity contribution in [3.05, 3.63) is 69.2 Å². The lowest BCUT2D eigenvalue weighted by atomic mass is 10.1. The van der Waals surface area contributed by atoms with Gasteiger partial charge >= 0.3 is 0 Å². The third-order valence-electron chi connectivity index (χ3n) is 2.96. The highest BCUT2D eigenvalue weighted by atomic mass is 35.5. The Morgan fingerprint density at radius 3 is 2.77 bits per heavy atom. The lowest BCUT2D eigenvalue weighted by molar-refractivity contribution is 0.104. The molecule has 0 amide bonds. The van der Waals surface area contributed by atoms with Crippen molar-refractivity contribution in [3.8, 4) is 0 Å². The number of hydrogen-bond acceptors (Lipinski definition) is 3. The van der Waals surface area contributed by atoms with Gasteiger partial charge in [-0.1, -0.05) is 34.8 Å². The van der Waals surface area contributed by atoms with Gasteiger partial charge in [-0.05, 0) is 30.4 Å². The van der Waals surface area contributed by atoms with Gasteiger partial charge in [0.2, 0.25) is 5.78 Å². The summed E-state index contributed by atoms with van der Waals surface area (Å²) in [5.74, 6) is 0.274. The molecule has 0 spiro atoms. The molecule has 2 heterocycles. The molecule has 22 heavy (non-hydrogen) atoms. The fourth-order valence-electron chi connectivity index (χ4n) is 1.90. The van der Waals surface area contributed by atoms with Crippen LogP contribution < -0.4 is 0 Å². The third-order valence-corrected chi connectivity index (χ3v) is 4.25. The molecular weight excluding hydrogens is 345 g/mol. The predicted molar refractivity (Wildman–Crippen MR) is 87.8 cm³/mol. The number of aromatic nitrogens is 3. The average Bonchev–Trinajstić information content (AvgIpc) is 2.93. The molecule has 0 atom stereocenters. The summed E-state index contributed by atoms with van der Waals surface area (Å²) < 4.78 is 1.76. The second-order valence-corrected chi connectivity index (χ2v) is 5.58. The molecule has 0 N–H and O–H groups in total. The van der Waals surface area contributed by atoms with Gasteiger partial charge in [-0.15, -0.1) is 0 Å². The molecule has 3 aromatic rings. The second-order valence-electron chi connectivity index (χ2n) is 4.41. The summed E-state index contributed by atoms with van der Waals surface area (Å²) in [7, 11) is 0. The van der Waals surface area contributed by atoms with Gasteiger partial charge in [0, 0.05) is 24.2 Å². The molecule has 0 saturated heterocycles. The average molecular weight is 353 g/mol. The Hall–Kier alpha value is -1.88. The van der Waals surface area contributed by atoms with E-state index in [0.717, 1.165) is 0 Å². The SMILES string of the molecule is O=C(/C=C/c1cn2cccnc2n1)c1ccc(Cl)c(Cl)c1Cl. The minimum atomic E-state index is -0.284. The summed E-state index contributed by atoms with van der Waals surface area (Å²) in [5.41, 5.74) is 0.900. The molecule has 0 radical (unpaired) electrons. The van der Waals surface area contributed by atoms with Gasteiger partial charge in [0.1, 0.15) is 0 Å². The largest absolute Gasteiger partial charge is 0.291 e. The monoisotopic (exact) mass is 351 g/mol. The molecule has 7 heteroatoms. The second kappa shape index (κ2) is 6.08. The van der Waals surface area contributed by atoms with Crippen molar-refractivity contribution in [2.75, 3.05) is 0 Å². The van der Waals surface area contributed by atoms with Crippen molar-refractivity contribution in [1.29, 1.82) is 0 Å². The third kappa shape index (κ3) is 2.86. The number of carbonyl (C=O) groups excluding carboxylic acids is 1. The number of halogens is 3. The normalized spacial score (nSPS) is 11.4. The van der Waals surface area contributed by atoms with Gasteiger partial charge in [0.25, 0.3) is 0 Å². The number of fused-ring (bicyclic) bond motifs is 1. The van der Waals surface area contributed by atoms with Crippen LogP contribution in [0.15, 0.2) is 42.9 Å². The molecule has 0 aliphatic heterocycles. The zero-order valence-electron chi connectivity index (χ0n) is 11.0. The van der Waals surface area contributed by atoms with Crippen LogP contribution in [0, 0.1) is 0 Å². The predicted octanol–water partition coefficient (Wildman–Crippen LogP) is 4.59. The first-order valence-electron chi connectivity index (χ1n) is 6.22. The molecule has 2 aromatic heterocycles. The zero-order valence-corrected chi connectivity index (χ0v) is 13.3. The maximum absolute atomic E-state index is 12.2. The minimum absolute atomic E-state index is 0.139. The Bertz CT molecular complexity index is 869. The first-order valence-corrected chi connectivity index (χ1v) is 7.35. The van der Waals surface area contributed by atoms with Crippen molar-refractivity contribution >= 4 is 52.4 Å². The number of rotatable bonds is 3. The van der Waals surface area contributed by atoms with Crippen LogP contribution >= 0.6 is 34.8 Å². The molecule has 110 valence electrons. The fraction of sp³-hybridized carbons (Fsp3) is 0. The van der Waals surface area contributed by atoms with E-state index in [1.807, 2.05) is 6.20 Å². The lowest BCUT2D eigenvalue weighted by Gasteiger charge is -2.03. The lowest BCUT2D eigenvalue weighted by Crippen LogP contribution is -1.96. The summed E-state index contributed by atoms with van der Waals surface area (Å²) in [4.78, 5) is 20.6. The molecule has 3 rings (SSSR count). The van der Waals surface area contributed by atoms with Crippen molar-refractivity contribution < 1.29 is 4.79 Å². The van der Waals surface area contributed by atoms with Gasteiger partial charge in [0.15, 0.2) is 5.78 Å². The smallest absolute Gasteiger partial charge is 0.234 e. The van der Waals surface area contributed by atoms with Crippen LogP contribution in [0.3, 0.4) is 0 Å². The molecule has 0 bridgehead atoms. The van der Waals surface area contributed by atoms with E-state index in [1.165, 1.54) is 18.2 Å². The minimum Gasteiger partial charge on any atom is -0.291 e. The topological polar surface area (TPSA) is 47.3 Å². The number of carbonyl (C=O) groups is 1. The standard InChI is InChI=1S/C15H8Cl3N3O/c16-11-4-3-10(13(17)14(11)18)12(22)5-2-9-8-21-7-1-6-19-15(21)20-9/h1-8H/b5-2+. The van der Waals surface area contributed by atoms with E-state index in [-0.39, 0.29) is 21.4 Å². The van der Waals surface area contributed by atoms with E-state index in [2.05, 4.69) is 9.97 Å². The molecule has 1 aromatic carbocycles. The van der Waals surface area contributed by atoms with Crippen LogP contribution in [-0.2, 0) is 0 Å². The highest BCUT2D eigenvalue weighted by Gasteiger charge is 2.13. The van der Waals surface area contributed by atoms with Crippen molar-refractivity contribution in [3.63, 3.8) is 0 Å². The first kappa shape index (κ1) is 15.0. The summed E-state index contributed by atoms with van der Waals surface area (Å²) >= 11 is 17.8. The summed E-state index contributed by atoms with van der Waals surface area (Å²) in [6.07, 6.45) is 8.21. The fourth-order valence-corrected chi connectivity index (χ4v) is 2.52. The zero-order chi connectivity index (χ0) is 15.7. The van der Waals surface area contributed by atoms with Crippen LogP contribution in [0.5, 0.6) is 0 Å². The van der Waals surface area contributed by atoms with Gasteiger partial charge in [-0.25, -0.2) is 9.97 Å². The van der Waals surface area contributed by atoms with Gasteiger partial charge in [0.05, 0.1) is 20.8 Å². The van der Waals surface area contributed by atoms with E-state index in [0.29, 0.717) is 16.5 Å². The highest BCUT2D eigenvalue weighted by molar-refractivity contribution is 6.49. The van der Waals surface area contributed by atoms with E-state index >= 15 is 0 Å². The Morgan fingerprint density at radius 1 is 1.18 bits per heavy atom. The Morgan fingerprint density at radius 2 is 2.00 bits per heavy atom. The number of allylic oxidation sites excluding steroid dienone is 1. The van der Waals surface area contributed by atoms with Crippen LogP contribution in [-0.4, -0.2) is 20.2 Å². The van der Waals surface area contributed by atoms with Crippen LogP contribution in [0.4, 0.5) is 0 Å². The van der Waals surface area contributed by atoms with Crippen molar-refractivity contribution in [1.82, 2.24) is 14.4 Å². The van der Waals surface area contributed by atoms with Crippen LogP contribution in [0.25, 0.3) is 11.9 Å². The molecule has 0 aliphatic rings. The Labute approximate surface area is 141 Å². The van der Waals surface area contributed by atoms with Crippen molar-refractivity contribution in [2.45, 2.75) is 0 Å². The maximum atomic E-state index is 12.2. The number of benzene rings is 1. The van der Waals surface area contributed by atoms with E-state index in [1.54, 1.807) is 28.9 Å². The molecule has 0 aliphatic carbocycles. The number of hydrogen-bond donors (Lipinski definition) is 0. The molecule has 0 fully saturated rings. The van der Waals surface area contributed by atoms with E-state index in [4.69, 9.17) is 34.8 Å². The number of ketones is 1. The number of nitrogens with zero attached hydrogens (tertiary/aromatic N) is 3. The summed E-state index contributed by atoms with van der Waals surface area (Å²) in [6, 6.07) is 4.86. The molecular formula is C15H8Cl3N3O. The van der Waals surface area contributed by atoms with Gasteiger partial charge < -0.3 is 0 Å². The molecule has 0 saturated carbocycles. The Kier molecular flexibility index (Phi) is 4.16. The van der Waals surface area contributed by atoms with E-state index in [9.17, 15) is 4.79 Å². The summed E-state index contributed by atoms with van der Waals surface area (Å²) in [5, 5.41) is 0.610. The maximum Gasteiger partial charge on any atom is 0.234 e. The van der Waals surface area contributed by atoms with E-state index < -0.39 is 0 Å². The number of imidazole rings is 1. The van der Waals surface area contributed by atoms with Crippen LogP contribution in [0.1, 0.15) is 16.1 Å². The quantitative estimate of drug-likeness (QED) is 0.393. The molecule has 0 unspecified atom stereocenters. The highest BCUT2D eigenvalue weighted by Crippen LogP contribution is 2.33. The first-order chi connectivity index (χ1) is 10.6. The van der Waals surface area contributed by atoms with Gasteiger partial charge in [-0.3, -0.25) is 9.20 Å². The molecule has 4 nitrogen and oxygen atoms in total. The summed E-state index contributed by atoms with van der Waals surface area (Å²) in [6.45, 7) is 0. The van der Waals surface area contributed by atoms with Crippen molar-refractivity contribution in [2.24, 2.45) is 0 Å². The van der Waals surface area contributed by atoms with Crippen LogP contribution in [0.2, 0.25) is 15.1 Å².